The fraction of sp³-hybridized carbons (Fsp3) is 0.333. The van der Waals surface area contributed by atoms with Crippen LogP contribution in [-0.4, -0.2) is 32.5 Å². The average Bonchev–Trinajstić information content (AvgIpc) is 2.99. The van der Waals surface area contributed by atoms with Crippen molar-refractivity contribution < 1.29 is 18.0 Å². The minimum atomic E-state index is -3.37. The Morgan fingerprint density at radius 2 is 1.86 bits per heavy atom. The molecule has 2 aromatic carbocycles. The molecule has 1 aliphatic heterocycles. The van der Waals surface area contributed by atoms with Gasteiger partial charge < -0.3 is 10.6 Å². The number of amides is 2. The fourth-order valence-electron chi connectivity index (χ4n) is 3.53. The zero-order chi connectivity index (χ0) is 21.3. The van der Waals surface area contributed by atoms with Crippen molar-refractivity contribution in [3.8, 4) is 0 Å². The Labute approximate surface area is 171 Å². The van der Waals surface area contributed by atoms with Crippen LogP contribution in [0.15, 0.2) is 36.4 Å². The molecular formula is C21H25N3O4S. The summed E-state index contributed by atoms with van der Waals surface area (Å²) in [4.78, 5) is 24.4. The molecule has 154 valence electrons. The van der Waals surface area contributed by atoms with Crippen LogP contribution in [0.4, 0.5) is 17.1 Å². The van der Waals surface area contributed by atoms with Gasteiger partial charge in [-0.25, -0.2) is 8.42 Å². The third-order valence-electron chi connectivity index (χ3n) is 4.94. The first kappa shape index (κ1) is 20.9. The highest BCUT2D eigenvalue weighted by molar-refractivity contribution is 7.92. The molecule has 0 aliphatic carbocycles. The molecule has 1 unspecified atom stereocenters. The summed E-state index contributed by atoms with van der Waals surface area (Å²) in [5, 5.41) is 5.66. The molecule has 1 aliphatic rings. The van der Waals surface area contributed by atoms with E-state index in [1.54, 1.807) is 37.3 Å². The lowest BCUT2D eigenvalue weighted by Crippen LogP contribution is -2.34. The number of carbonyl (C=O) groups excluding carboxylic acids is 2. The Morgan fingerprint density at radius 3 is 2.52 bits per heavy atom. The molecule has 29 heavy (non-hydrogen) atoms. The van der Waals surface area contributed by atoms with E-state index in [1.165, 1.54) is 10.6 Å². The highest BCUT2D eigenvalue weighted by atomic mass is 32.2. The van der Waals surface area contributed by atoms with Gasteiger partial charge in [-0.15, -0.1) is 0 Å². The third kappa shape index (κ3) is 4.42. The second-order valence-corrected chi connectivity index (χ2v) is 9.20. The third-order valence-corrected chi connectivity index (χ3v) is 6.21. The van der Waals surface area contributed by atoms with E-state index in [2.05, 4.69) is 10.6 Å². The maximum absolute atomic E-state index is 12.8. The predicted molar refractivity (Wildman–Crippen MR) is 115 cm³/mol. The van der Waals surface area contributed by atoms with Crippen molar-refractivity contribution in [3.63, 3.8) is 0 Å². The highest BCUT2D eigenvalue weighted by Crippen LogP contribution is 2.35. The van der Waals surface area contributed by atoms with E-state index < -0.39 is 10.0 Å². The van der Waals surface area contributed by atoms with Gasteiger partial charge in [-0.3, -0.25) is 13.9 Å². The number of carbonyl (C=O) groups is 2. The topological polar surface area (TPSA) is 95.6 Å². The molecule has 0 saturated heterocycles. The quantitative estimate of drug-likeness (QED) is 0.783. The van der Waals surface area contributed by atoms with Gasteiger partial charge in [0.15, 0.2) is 0 Å². The second kappa shape index (κ2) is 7.87. The Balaban J connectivity index is 1.83. The fourth-order valence-corrected chi connectivity index (χ4v) is 4.79. The van der Waals surface area contributed by atoms with Gasteiger partial charge in [-0.05, 0) is 61.7 Å². The van der Waals surface area contributed by atoms with E-state index in [-0.39, 0.29) is 17.9 Å². The minimum absolute atomic E-state index is 0.102. The normalized spacial score (nSPS) is 15.7. The van der Waals surface area contributed by atoms with Gasteiger partial charge in [0.25, 0.3) is 5.91 Å². The molecule has 0 radical (unpaired) electrons. The zero-order valence-electron chi connectivity index (χ0n) is 16.9. The molecule has 0 bridgehead atoms. The van der Waals surface area contributed by atoms with Crippen molar-refractivity contribution >= 4 is 38.9 Å². The van der Waals surface area contributed by atoms with Gasteiger partial charge in [0, 0.05) is 29.4 Å². The van der Waals surface area contributed by atoms with Gasteiger partial charge in [-0.2, -0.15) is 0 Å². The van der Waals surface area contributed by atoms with Crippen molar-refractivity contribution in [1.29, 1.82) is 0 Å². The van der Waals surface area contributed by atoms with E-state index in [0.717, 1.165) is 11.1 Å². The summed E-state index contributed by atoms with van der Waals surface area (Å²) in [6, 6.07) is 10.2. The highest BCUT2D eigenvalue weighted by Gasteiger charge is 2.32. The molecule has 3 rings (SSSR count). The lowest BCUT2D eigenvalue weighted by atomic mass is 10.1. The number of anilines is 3. The van der Waals surface area contributed by atoms with E-state index in [4.69, 9.17) is 0 Å². The second-order valence-electron chi connectivity index (χ2n) is 7.34. The average molecular weight is 416 g/mol. The first-order valence-corrected chi connectivity index (χ1v) is 11.3. The number of nitrogens with zero attached hydrogens (tertiary/aromatic N) is 1. The molecule has 0 spiro atoms. The van der Waals surface area contributed by atoms with Gasteiger partial charge in [-0.1, -0.05) is 13.0 Å². The van der Waals surface area contributed by atoms with Crippen LogP contribution in [0.2, 0.25) is 0 Å². The standard InChI is InChI=1S/C21H25N3O4S/c1-5-20(25)22-17-8-6-13(2)18(12-17)23-21(26)15-7-9-19-16(11-15)10-14(3)24(19)29(4,27)28/h6-9,11-12,14H,5,10H2,1-4H3,(H,22,25)(H,23,26). The van der Waals surface area contributed by atoms with E-state index in [1.807, 2.05) is 19.9 Å². The zero-order valence-corrected chi connectivity index (χ0v) is 17.8. The first-order chi connectivity index (χ1) is 13.6. The van der Waals surface area contributed by atoms with Crippen molar-refractivity contribution in [1.82, 2.24) is 0 Å². The Morgan fingerprint density at radius 1 is 1.14 bits per heavy atom. The predicted octanol–water partition coefficient (Wildman–Crippen LogP) is 3.31. The summed E-state index contributed by atoms with van der Waals surface area (Å²) in [6.07, 6.45) is 2.11. The number of sulfonamides is 1. The number of hydrogen-bond acceptors (Lipinski definition) is 4. The number of nitrogens with one attached hydrogen (secondary N) is 2. The molecule has 0 aromatic heterocycles. The van der Waals surface area contributed by atoms with Crippen LogP contribution in [0, 0.1) is 6.92 Å². The minimum Gasteiger partial charge on any atom is -0.326 e. The maximum atomic E-state index is 12.8. The van der Waals surface area contributed by atoms with E-state index in [0.29, 0.717) is 35.5 Å². The van der Waals surface area contributed by atoms with Gasteiger partial charge in [0.1, 0.15) is 0 Å². The number of fused-ring (bicyclic) bond motifs is 1. The molecule has 1 atom stereocenters. The van der Waals surface area contributed by atoms with Crippen LogP contribution in [-0.2, 0) is 21.2 Å². The van der Waals surface area contributed by atoms with E-state index in [9.17, 15) is 18.0 Å². The molecule has 2 N–H and O–H groups in total. The van der Waals surface area contributed by atoms with Crippen molar-refractivity contribution in [2.75, 3.05) is 21.2 Å². The monoisotopic (exact) mass is 415 g/mol. The maximum Gasteiger partial charge on any atom is 0.255 e. The lowest BCUT2D eigenvalue weighted by molar-refractivity contribution is -0.115. The summed E-state index contributed by atoms with van der Waals surface area (Å²) in [5.74, 6) is -0.394. The van der Waals surface area contributed by atoms with Crippen molar-refractivity contribution in [2.24, 2.45) is 0 Å². The van der Waals surface area contributed by atoms with Crippen LogP contribution >= 0.6 is 0 Å². The van der Waals surface area contributed by atoms with Crippen LogP contribution in [0.1, 0.15) is 41.8 Å². The molecule has 0 saturated carbocycles. The first-order valence-electron chi connectivity index (χ1n) is 9.44. The summed E-state index contributed by atoms with van der Waals surface area (Å²) in [6.45, 7) is 5.49. The number of rotatable bonds is 5. The van der Waals surface area contributed by atoms with Gasteiger partial charge in [0.2, 0.25) is 15.9 Å². The smallest absolute Gasteiger partial charge is 0.255 e. The summed E-state index contributed by atoms with van der Waals surface area (Å²) >= 11 is 0. The van der Waals surface area contributed by atoms with Crippen LogP contribution in [0.5, 0.6) is 0 Å². The molecule has 2 aromatic rings. The Kier molecular flexibility index (Phi) is 5.66. The van der Waals surface area contributed by atoms with Gasteiger partial charge in [0.05, 0.1) is 11.9 Å². The summed E-state index contributed by atoms with van der Waals surface area (Å²) < 4.78 is 25.5. The Bertz CT molecular complexity index is 1080. The van der Waals surface area contributed by atoms with Crippen LogP contribution in [0.25, 0.3) is 0 Å². The largest absolute Gasteiger partial charge is 0.326 e. The van der Waals surface area contributed by atoms with Crippen molar-refractivity contribution in [2.45, 2.75) is 39.7 Å². The van der Waals surface area contributed by atoms with Crippen molar-refractivity contribution in [3.05, 3.63) is 53.1 Å². The lowest BCUT2D eigenvalue weighted by Gasteiger charge is -2.22. The molecule has 2 amide bonds. The molecule has 1 heterocycles. The number of aryl methyl sites for hydroxylation is 1. The molecule has 0 fully saturated rings. The molecule has 8 heteroatoms. The number of hydrogen-bond donors (Lipinski definition) is 2. The molecular weight excluding hydrogens is 390 g/mol. The SMILES string of the molecule is CCC(=O)Nc1ccc(C)c(NC(=O)c2ccc3c(c2)CC(C)N3S(C)(=O)=O)c1. The number of benzene rings is 2. The Hall–Kier alpha value is -2.87. The van der Waals surface area contributed by atoms with Gasteiger partial charge >= 0.3 is 0 Å². The summed E-state index contributed by atoms with van der Waals surface area (Å²) in [5.41, 5.74) is 3.99. The van der Waals surface area contributed by atoms with Crippen LogP contribution < -0.4 is 14.9 Å². The van der Waals surface area contributed by atoms with Crippen LogP contribution in [0.3, 0.4) is 0 Å². The summed E-state index contributed by atoms with van der Waals surface area (Å²) in [7, 11) is -3.37. The van der Waals surface area contributed by atoms with E-state index >= 15 is 0 Å². The molecule has 7 nitrogen and oxygen atoms in total.